The molecule has 7 nitrogen and oxygen atoms in total. The lowest BCUT2D eigenvalue weighted by Gasteiger charge is -2.08. The summed E-state index contributed by atoms with van der Waals surface area (Å²) in [6.45, 7) is 2.33. The van der Waals surface area contributed by atoms with E-state index in [1.165, 1.54) is 6.08 Å². The molecular formula is C24H21N5O2. The predicted molar refractivity (Wildman–Crippen MR) is 120 cm³/mol. The van der Waals surface area contributed by atoms with Crippen molar-refractivity contribution in [3.8, 4) is 22.8 Å². The minimum Gasteiger partial charge on any atom is -0.476 e. The molecule has 0 saturated heterocycles. The fourth-order valence-corrected chi connectivity index (χ4v) is 3.03. The maximum absolute atomic E-state index is 12.5. The number of rotatable bonds is 7. The number of para-hydroxylation sites is 1. The molecule has 0 radical (unpaired) electrons. The quantitative estimate of drug-likeness (QED) is 0.457. The number of carbonyl (C=O) groups excluding carboxylic acids is 1. The van der Waals surface area contributed by atoms with Crippen LogP contribution in [-0.4, -0.2) is 32.3 Å². The van der Waals surface area contributed by atoms with Crippen molar-refractivity contribution in [3.05, 3.63) is 91.0 Å². The van der Waals surface area contributed by atoms with Crippen LogP contribution < -0.4 is 10.1 Å². The highest BCUT2D eigenvalue weighted by molar-refractivity contribution is 6.03. The Morgan fingerprint density at radius 2 is 1.94 bits per heavy atom. The van der Waals surface area contributed by atoms with E-state index in [9.17, 15) is 4.79 Å². The van der Waals surface area contributed by atoms with Gasteiger partial charge in [0.1, 0.15) is 11.4 Å². The Hall–Kier alpha value is -4.26. The number of anilines is 1. The third-order valence-corrected chi connectivity index (χ3v) is 4.42. The molecule has 0 bridgehead atoms. The number of aromatic nitrogens is 4. The lowest BCUT2D eigenvalue weighted by Crippen LogP contribution is -2.10. The van der Waals surface area contributed by atoms with Crippen molar-refractivity contribution >= 4 is 17.7 Å². The first-order valence-corrected chi connectivity index (χ1v) is 9.87. The molecule has 154 valence electrons. The summed E-state index contributed by atoms with van der Waals surface area (Å²) in [5, 5.41) is 7.53. The molecule has 31 heavy (non-hydrogen) atoms. The van der Waals surface area contributed by atoms with Gasteiger partial charge in [0.05, 0.1) is 12.3 Å². The van der Waals surface area contributed by atoms with E-state index in [0.717, 1.165) is 22.5 Å². The maximum atomic E-state index is 12.5. The molecule has 0 unspecified atom stereocenters. The van der Waals surface area contributed by atoms with Crippen LogP contribution >= 0.6 is 0 Å². The summed E-state index contributed by atoms with van der Waals surface area (Å²) >= 11 is 0. The van der Waals surface area contributed by atoms with E-state index < -0.39 is 0 Å². The van der Waals surface area contributed by atoms with Gasteiger partial charge >= 0.3 is 0 Å². The second kappa shape index (κ2) is 9.49. The van der Waals surface area contributed by atoms with Gasteiger partial charge in [-0.3, -0.25) is 9.78 Å². The maximum Gasteiger partial charge on any atom is 0.248 e. The Balaban J connectivity index is 1.62. The van der Waals surface area contributed by atoms with Crippen LogP contribution in [0.25, 0.3) is 23.0 Å². The van der Waals surface area contributed by atoms with E-state index in [0.29, 0.717) is 18.2 Å². The fourth-order valence-electron chi connectivity index (χ4n) is 3.03. The van der Waals surface area contributed by atoms with Gasteiger partial charge in [-0.25, -0.2) is 9.67 Å². The normalized spacial score (nSPS) is 10.9. The molecule has 1 amide bonds. The molecule has 3 heterocycles. The number of nitrogens with one attached hydrogen (secondary N) is 1. The Bertz CT molecular complexity index is 1190. The third kappa shape index (κ3) is 4.84. The zero-order chi connectivity index (χ0) is 21.5. The molecule has 4 aromatic rings. The Morgan fingerprint density at radius 3 is 2.71 bits per heavy atom. The zero-order valence-corrected chi connectivity index (χ0v) is 17.0. The first kappa shape index (κ1) is 20.0. The van der Waals surface area contributed by atoms with E-state index in [1.807, 2.05) is 55.6 Å². The smallest absolute Gasteiger partial charge is 0.248 e. The highest BCUT2D eigenvalue weighted by Crippen LogP contribution is 2.25. The van der Waals surface area contributed by atoms with Crippen LogP contribution in [0, 0.1) is 0 Å². The lowest BCUT2D eigenvalue weighted by atomic mass is 10.1. The van der Waals surface area contributed by atoms with Crippen LogP contribution in [0.5, 0.6) is 5.88 Å². The number of hydrogen-bond acceptors (Lipinski definition) is 5. The van der Waals surface area contributed by atoms with Gasteiger partial charge in [-0.2, -0.15) is 5.10 Å². The number of hydrogen-bond donors (Lipinski definition) is 1. The highest BCUT2D eigenvalue weighted by atomic mass is 16.5. The van der Waals surface area contributed by atoms with E-state index in [1.54, 1.807) is 41.5 Å². The van der Waals surface area contributed by atoms with Gasteiger partial charge in [0.2, 0.25) is 11.8 Å². The second-order valence-corrected chi connectivity index (χ2v) is 6.57. The van der Waals surface area contributed by atoms with E-state index in [4.69, 9.17) is 9.84 Å². The van der Waals surface area contributed by atoms with Crippen LogP contribution in [0.4, 0.5) is 5.69 Å². The number of ether oxygens (including phenoxy) is 1. The van der Waals surface area contributed by atoms with Gasteiger partial charge in [0.15, 0.2) is 0 Å². The second-order valence-electron chi connectivity index (χ2n) is 6.57. The molecule has 1 N–H and O–H groups in total. The van der Waals surface area contributed by atoms with Gasteiger partial charge in [-0.15, -0.1) is 0 Å². The standard InChI is InChI=1S/C24H21N5O2/c1-2-31-24-21(11-7-15-26-24)27-22(30)13-12-19-17-29(20-9-4-3-5-10-20)28-23(19)18-8-6-14-25-16-18/h3-17H,2H2,1H3,(H,27,30)/b13-12+. The Morgan fingerprint density at radius 1 is 1.10 bits per heavy atom. The summed E-state index contributed by atoms with van der Waals surface area (Å²) in [4.78, 5) is 20.9. The van der Waals surface area contributed by atoms with Crippen LogP contribution in [0.15, 0.2) is 85.5 Å². The predicted octanol–water partition coefficient (Wildman–Crippen LogP) is 4.38. The van der Waals surface area contributed by atoms with Crippen LogP contribution in [-0.2, 0) is 4.79 Å². The lowest BCUT2D eigenvalue weighted by molar-refractivity contribution is -0.111. The first-order valence-electron chi connectivity index (χ1n) is 9.87. The molecule has 0 atom stereocenters. The molecule has 0 saturated carbocycles. The van der Waals surface area contributed by atoms with Gasteiger partial charge in [-0.05, 0) is 49.4 Å². The van der Waals surface area contributed by atoms with Crippen molar-refractivity contribution in [3.63, 3.8) is 0 Å². The molecule has 4 rings (SSSR count). The van der Waals surface area contributed by atoms with Gasteiger partial charge in [-0.1, -0.05) is 18.2 Å². The average molecular weight is 411 g/mol. The van der Waals surface area contributed by atoms with Crippen molar-refractivity contribution in [2.75, 3.05) is 11.9 Å². The molecule has 0 aliphatic heterocycles. The number of benzene rings is 1. The van der Waals surface area contributed by atoms with Gasteiger partial charge in [0, 0.05) is 42.0 Å². The number of carbonyl (C=O) groups is 1. The summed E-state index contributed by atoms with van der Waals surface area (Å²) in [7, 11) is 0. The molecule has 7 heteroatoms. The van der Waals surface area contributed by atoms with Crippen molar-refractivity contribution in [2.45, 2.75) is 6.92 Å². The monoisotopic (exact) mass is 411 g/mol. The van der Waals surface area contributed by atoms with E-state index in [-0.39, 0.29) is 5.91 Å². The molecule has 3 aromatic heterocycles. The van der Waals surface area contributed by atoms with Crippen molar-refractivity contribution in [1.29, 1.82) is 0 Å². The number of nitrogens with zero attached hydrogens (tertiary/aromatic N) is 4. The average Bonchev–Trinajstić information content (AvgIpc) is 3.25. The van der Waals surface area contributed by atoms with Crippen LogP contribution in [0.2, 0.25) is 0 Å². The summed E-state index contributed by atoms with van der Waals surface area (Å²) < 4.78 is 7.25. The number of amides is 1. The zero-order valence-electron chi connectivity index (χ0n) is 17.0. The van der Waals surface area contributed by atoms with Crippen molar-refractivity contribution < 1.29 is 9.53 Å². The van der Waals surface area contributed by atoms with Gasteiger partial charge < -0.3 is 10.1 Å². The Labute approximate surface area is 180 Å². The molecule has 1 aromatic carbocycles. The SMILES string of the molecule is CCOc1ncccc1NC(=O)/C=C/c1cn(-c2ccccc2)nc1-c1cccnc1. The topological polar surface area (TPSA) is 81.9 Å². The summed E-state index contributed by atoms with van der Waals surface area (Å²) in [6, 6.07) is 17.1. The molecular weight excluding hydrogens is 390 g/mol. The van der Waals surface area contributed by atoms with Crippen LogP contribution in [0.1, 0.15) is 12.5 Å². The minimum absolute atomic E-state index is 0.293. The molecule has 0 aliphatic carbocycles. The van der Waals surface area contributed by atoms with Crippen LogP contribution in [0.3, 0.4) is 0 Å². The minimum atomic E-state index is -0.293. The van der Waals surface area contributed by atoms with Gasteiger partial charge in [0.25, 0.3) is 0 Å². The fraction of sp³-hybridized carbons (Fsp3) is 0.0833. The largest absolute Gasteiger partial charge is 0.476 e. The first-order chi connectivity index (χ1) is 15.2. The third-order valence-electron chi connectivity index (χ3n) is 4.42. The number of pyridine rings is 2. The molecule has 0 aliphatic rings. The summed E-state index contributed by atoms with van der Waals surface area (Å²) in [5.74, 6) is 0.0956. The Kier molecular flexibility index (Phi) is 6.13. The molecule has 0 spiro atoms. The van der Waals surface area contributed by atoms with Crippen molar-refractivity contribution in [2.24, 2.45) is 0 Å². The van der Waals surface area contributed by atoms with Crippen molar-refractivity contribution in [1.82, 2.24) is 19.7 Å². The molecule has 0 fully saturated rings. The summed E-state index contributed by atoms with van der Waals surface area (Å²) in [6.07, 6.45) is 10.2. The highest BCUT2D eigenvalue weighted by Gasteiger charge is 2.12. The summed E-state index contributed by atoms with van der Waals surface area (Å²) in [5.41, 5.74) is 3.84. The van der Waals surface area contributed by atoms with E-state index in [2.05, 4.69) is 15.3 Å². The van der Waals surface area contributed by atoms with E-state index >= 15 is 0 Å².